The summed E-state index contributed by atoms with van der Waals surface area (Å²) in [6.45, 7) is 8.14. The summed E-state index contributed by atoms with van der Waals surface area (Å²) in [5.41, 5.74) is 4.71. The predicted molar refractivity (Wildman–Crippen MR) is 84.1 cm³/mol. The van der Waals surface area contributed by atoms with Gasteiger partial charge in [-0.2, -0.15) is 0 Å². The van der Waals surface area contributed by atoms with E-state index < -0.39 is 0 Å². The quantitative estimate of drug-likeness (QED) is 0.637. The number of hydrogen-bond acceptors (Lipinski definition) is 0. The lowest BCUT2D eigenvalue weighted by Crippen LogP contribution is -1.90. The monoisotopic (exact) mass is 237 g/mol. The van der Waals surface area contributed by atoms with E-state index in [9.17, 15) is 0 Å². The van der Waals surface area contributed by atoms with Crippen molar-refractivity contribution < 1.29 is 0 Å². The summed E-state index contributed by atoms with van der Waals surface area (Å²) in [4.78, 5) is 0. The van der Waals surface area contributed by atoms with Crippen LogP contribution in [0.2, 0.25) is 0 Å². The fraction of sp³-hybridized carbons (Fsp3) is 0.222. The average Bonchev–Trinajstić information content (AvgIpc) is 2.34. The Bertz CT molecular complexity index is 464. The molecule has 0 aliphatic carbocycles. The molecule has 1 aromatic carbocycles. The molecule has 0 bridgehead atoms. The zero-order valence-electron chi connectivity index (χ0n) is 11.7. The third kappa shape index (κ3) is 3.59. The Kier molecular flexibility index (Phi) is 5.93. The van der Waals surface area contributed by atoms with Crippen LogP contribution in [0.5, 0.6) is 0 Å². The van der Waals surface area contributed by atoms with Gasteiger partial charge in [-0.3, -0.25) is 0 Å². The average molecular weight is 237 g/mol. The smallest absolute Gasteiger partial charge is 0.00204 e. The lowest BCUT2D eigenvalue weighted by atomic mass is 9.96. The van der Waals surface area contributed by atoms with Crippen LogP contribution >= 0.6 is 0 Å². The molecule has 0 amide bonds. The van der Waals surface area contributed by atoms with E-state index in [0.717, 1.165) is 11.1 Å². The van der Waals surface area contributed by atoms with Gasteiger partial charge in [0.1, 0.15) is 0 Å². The van der Waals surface area contributed by atoms with Crippen molar-refractivity contribution in [1.82, 2.24) is 0 Å². The zero-order chi connectivity index (χ0) is 13.4. The molecule has 1 radical (unpaired) electrons. The normalized spacial score (nSPS) is 12.7. The Morgan fingerprint density at radius 2 is 1.39 bits per heavy atom. The Hall–Kier alpha value is -1.82. The molecule has 93 valence electrons. The highest BCUT2D eigenvalue weighted by atomic mass is 14.1. The van der Waals surface area contributed by atoms with Gasteiger partial charge < -0.3 is 0 Å². The van der Waals surface area contributed by atoms with Gasteiger partial charge in [-0.15, -0.1) is 0 Å². The van der Waals surface area contributed by atoms with Crippen LogP contribution in [-0.4, -0.2) is 0 Å². The zero-order valence-corrected chi connectivity index (χ0v) is 11.7. The van der Waals surface area contributed by atoms with E-state index in [1.807, 2.05) is 33.8 Å². The van der Waals surface area contributed by atoms with Crippen LogP contribution in [-0.2, 0) is 0 Å². The Labute approximate surface area is 111 Å². The first-order chi connectivity index (χ1) is 8.76. The maximum atomic E-state index is 3.44. The molecular formula is C18H21. The first-order valence-corrected chi connectivity index (χ1v) is 6.37. The maximum Gasteiger partial charge on any atom is -0.00204 e. The summed E-state index contributed by atoms with van der Waals surface area (Å²) in [5, 5.41) is 0. The molecule has 18 heavy (non-hydrogen) atoms. The first kappa shape index (κ1) is 14.2. The van der Waals surface area contributed by atoms with Gasteiger partial charge in [0, 0.05) is 0 Å². The fourth-order valence-electron chi connectivity index (χ4n) is 1.90. The van der Waals surface area contributed by atoms with Crippen molar-refractivity contribution in [2.24, 2.45) is 0 Å². The second-order valence-electron chi connectivity index (χ2n) is 4.01. The van der Waals surface area contributed by atoms with Crippen LogP contribution in [0.1, 0.15) is 49.9 Å². The topological polar surface area (TPSA) is 0 Å². The Morgan fingerprint density at radius 1 is 0.778 bits per heavy atom. The molecule has 0 aliphatic rings. The molecule has 0 N–H and O–H groups in total. The largest absolute Gasteiger partial charge is 0.0870 e. The predicted octanol–water partition coefficient (Wildman–Crippen LogP) is 5.62. The van der Waals surface area contributed by atoms with E-state index in [4.69, 9.17) is 0 Å². The molecule has 0 saturated heterocycles. The highest BCUT2D eigenvalue weighted by Crippen LogP contribution is 2.23. The van der Waals surface area contributed by atoms with E-state index in [1.165, 1.54) is 11.1 Å². The molecule has 0 fully saturated rings. The molecule has 0 heterocycles. The van der Waals surface area contributed by atoms with Gasteiger partial charge in [-0.05, 0) is 62.1 Å². The Morgan fingerprint density at radius 3 is 1.94 bits per heavy atom. The van der Waals surface area contributed by atoms with Gasteiger partial charge in [0.2, 0.25) is 0 Å². The second-order valence-corrected chi connectivity index (χ2v) is 4.01. The van der Waals surface area contributed by atoms with Crippen LogP contribution in [0.3, 0.4) is 0 Å². The van der Waals surface area contributed by atoms with E-state index in [0.29, 0.717) is 0 Å². The third-order valence-electron chi connectivity index (χ3n) is 2.55. The third-order valence-corrected chi connectivity index (χ3v) is 2.55. The highest BCUT2D eigenvalue weighted by Gasteiger charge is 2.04. The molecule has 1 rings (SSSR count). The van der Waals surface area contributed by atoms with Crippen LogP contribution in [0, 0.1) is 6.07 Å². The van der Waals surface area contributed by atoms with Crippen molar-refractivity contribution in [2.45, 2.75) is 27.7 Å². The van der Waals surface area contributed by atoms with E-state index in [1.54, 1.807) is 0 Å². The minimum Gasteiger partial charge on any atom is -0.0870 e. The van der Waals surface area contributed by atoms with Gasteiger partial charge in [0.15, 0.2) is 0 Å². The molecule has 0 aliphatic heterocycles. The fourth-order valence-corrected chi connectivity index (χ4v) is 1.90. The highest BCUT2D eigenvalue weighted by molar-refractivity contribution is 5.76. The molecule has 0 saturated carbocycles. The summed E-state index contributed by atoms with van der Waals surface area (Å²) < 4.78 is 0. The van der Waals surface area contributed by atoms with Crippen molar-refractivity contribution in [1.29, 1.82) is 0 Å². The maximum absolute atomic E-state index is 3.44. The Balaban J connectivity index is 3.53. The standard InChI is InChI=1S/C18H21/c1-5-9-15-13-16(10-6-2)18(12-8-4)17(14-15)11-7-3/h5-13H,1-4H3/b9-5-,10-6-,11-7-,12-8-. The van der Waals surface area contributed by atoms with Gasteiger partial charge in [0.05, 0.1) is 0 Å². The van der Waals surface area contributed by atoms with Crippen LogP contribution in [0.25, 0.3) is 24.3 Å². The van der Waals surface area contributed by atoms with Gasteiger partial charge in [0.25, 0.3) is 0 Å². The minimum absolute atomic E-state index is 1.12. The molecule has 0 aromatic heterocycles. The summed E-state index contributed by atoms with van der Waals surface area (Å²) in [5.74, 6) is 0. The van der Waals surface area contributed by atoms with Gasteiger partial charge in [-0.25, -0.2) is 0 Å². The number of rotatable bonds is 4. The van der Waals surface area contributed by atoms with E-state index in [-0.39, 0.29) is 0 Å². The molecular weight excluding hydrogens is 216 g/mol. The molecule has 0 heteroatoms. The van der Waals surface area contributed by atoms with Crippen LogP contribution in [0.4, 0.5) is 0 Å². The lowest BCUT2D eigenvalue weighted by molar-refractivity contribution is 1.51. The molecule has 1 aromatic rings. The number of allylic oxidation sites excluding steroid dienone is 4. The van der Waals surface area contributed by atoms with Crippen molar-refractivity contribution in [3.8, 4) is 0 Å². The van der Waals surface area contributed by atoms with Gasteiger partial charge in [-0.1, -0.05) is 48.6 Å². The molecule has 0 atom stereocenters. The van der Waals surface area contributed by atoms with Crippen LogP contribution in [0.15, 0.2) is 30.4 Å². The van der Waals surface area contributed by atoms with Gasteiger partial charge >= 0.3 is 0 Å². The SMILES string of the molecule is C/C=C\c1[c]c(/C=C\C)c(/C=C\C)c(/C=C\C)c1. The van der Waals surface area contributed by atoms with E-state index in [2.05, 4.69) is 54.7 Å². The minimum atomic E-state index is 1.12. The lowest BCUT2D eigenvalue weighted by Gasteiger charge is -2.08. The summed E-state index contributed by atoms with van der Waals surface area (Å²) >= 11 is 0. The summed E-state index contributed by atoms with van der Waals surface area (Å²) in [6.07, 6.45) is 16.7. The molecule has 0 unspecified atom stereocenters. The number of benzene rings is 1. The first-order valence-electron chi connectivity index (χ1n) is 6.37. The number of hydrogen-bond donors (Lipinski definition) is 0. The van der Waals surface area contributed by atoms with Crippen molar-refractivity contribution >= 4 is 24.3 Å². The van der Waals surface area contributed by atoms with Crippen LogP contribution < -0.4 is 0 Å². The molecule has 0 spiro atoms. The summed E-state index contributed by atoms with van der Waals surface area (Å²) in [6, 6.07) is 5.61. The van der Waals surface area contributed by atoms with Crippen molar-refractivity contribution in [3.63, 3.8) is 0 Å². The summed E-state index contributed by atoms with van der Waals surface area (Å²) in [7, 11) is 0. The second kappa shape index (κ2) is 7.50. The molecule has 0 nitrogen and oxygen atoms in total. The van der Waals surface area contributed by atoms with Crippen molar-refractivity contribution in [3.05, 3.63) is 58.7 Å². The van der Waals surface area contributed by atoms with Crippen molar-refractivity contribution in [2.75, 3.05) is 0 Å². The van der Waals surface area contributed by atoms with E-state index >= 15 is 0 Å².